The SMILES string of the molecule is Cc1cc(F)c(/N=N\c2cccc(C(=O)O)c2)cc1C(C)C. The molecule has 0 radical (unpaired) electrons. The molecule has 4 nitrogen and oxygen atoms in total. The summed E-state index contributed by atoms with van der Waals surface area (Å²) in [4.78, 5) is 10.9. The average Bonchev–Trinajstić information content (AvgIpc) is 2.46. The van der Waals surface area contributed by atoms with Gasteiger partial charge in [0.25, 0.3) is 0 Å². The van der Waals surface area contributed by atoms with Gasteiger partial charge in [0.05, 0.1) is 11.3 Å². The van der Waals surface area contributed by atoms with Gasteiger partial charge in [0.1, 0.15) is 5.69 Å². The number of benzene rings is 2. The van der Waals surface area contributed by atoms with Gasteiger partial charge in [-0.25, -0.2) is 9.18 Å². The first-order valence-electron chi connectivity index (χ1n) is 6.93. The number of carbonyl (C=O) groups is 1. The van der Waals surface area contributed by atoms with Crippen molar-refractivity contribution in [2.45, 2.75) is 26.7 Å². The third-order valence-corrected chi connectivity index (χ3v) is 3.32. The van der Waals surface area contributed by atoms with Gasteiger partial charge < -0.3 is 5.11 Å². The van der Waals surface area contributed by atoms with Crippen molar-refractivity contribution in [2.24, 2.45) is 10.2 Å². The highest BCUT2D eigenvalue weighted by molar-refractivity contribution is 5.88. The molecule has 0 fully saturated rings. The number of nitrogens with zero attached hydrogens (tertiary/aromatic N) is 2. The zero-order chi connectivity index (χ0) is 16.3. The van der Waals surface area contributed by atoms with Gasteiger partial charge in [-0.1, -0.05) is 19.9 Å². The molecular weight excluding hydrogens is 283 g/mol. The van der Waals surface area contributed by atoms with E-state index in [4.69, 9.17) is 5.11 Å². The zero-order valence-electron chi connectivity index (χ0n) is 12.7. The maximum absolute atomic E-state index is 14.0. The van der Waals surface area contributed by atoms with Crippen molar-refractivity contribution in [3.8, 4) is 0 Å². The highest BCUT2D eigenvalue weighted by Crippen LogP contribution is 2.29. The van der Waals surface area contributed by atoms with Crippen LogP contribution in [0.25, 0.3) is 0 Å². The van der Waals surface area contributed by atoms with Crippen LogP contribution in [0.2, 0.25) is 0 Å². The number of carboxylic acids is 1. The molecular formula is C17H17FN2O2. The lowest BCUT2D eigenvalue weighted by Crippen LogP contribution is -1.94. The van der Waals surface area contributed by atoms with Gasteiger partial charge in [0, 0.05) is 0 Å². The largest absolute Gasteiger partial charge is 0.478 e. The zero-order valence-corrected chi connectivity index (χ0v) is 12.7. The summed E-state index contributed by atoms with van der Waals surface area (Å²) >= 11 is 0. The molecule has 0 bridgehead atoms. The average molecular weight is 300 g/mol. The van der Waals surface area contributed by atoms with Crippen LogP contribution in [0.4, 0.5) is 15.8 Å². The lowest BCUT2D eigenvalue weighted by molar-refractivity contribution is 0.0697. The van der Waals surface area contributed by atoms with E-state index in [1.54, 1.807) is 18.2 Å². The molecule has 0 aromatic heterocycles. The molecule has 1 N–H and O–H groups in total. The van der Waals surface area contributed by atoms with E-state index in [0.29, 0.717) is 5.69 Å². The number of aryl methyl sites for hydroxylation is 1. The minimum Gasteiger partial charge on any atom is -0.478 e. The lowest BCUT2D eigenvalue weighted by atomic mass is 9.97. The minimum absolute atomic E-state index is 0.115. The Labute approximate surface area is 128 Å². The van der Waals surface area contributed by atoms with E-state index in [1.165, 1.54) is 18.2 Å². The summed E-state index contributed by atoms with van der Waals surface area (Å²) in [5, 5.41) is 16.8. The standard InChI is InChI=1S/C17H17FN2O2/c1-10(2)14-9-16(15(18)7-11(14)3)20-19-13-6-4-5-12(8-13)17(21)22/h4-10H,1-3H3,(H,21,22)/b20-19-. The first kappa shape index (κ1) is 15.8. The molecule has 0 amide bonds. The summed E-state index contributed by atoms with van der Waals surface area (Å²) in [5.74, 6) is -1.23. The third kappa shape index (κ3) is 3.55. The van der Waals surface area contributed by atoms with Gasteiger partial charge in [0.2, 0.25) is 0 Å². The molecule has 22 heavy (non-hydrogen) atoms. The van der Waals surface area contributed by atoms with Crippen LogP contribution < -0.4 is 0 Å². The molecule has 0 aliphatic heterocycles. The van der Waals surface area contributed by atoms with Crippen molar-refractivity contribution < 1.29 is 14.3 Å². The Kier molecular flexibility index (Phi) is 4.65. The first-order valence-corrected chi connectivity index (χ1v) is 6.93. The number of carboxylic acid groups (broad SMARTS) is 1. The second kappa shape index (κ2) is 6.47. The normalized spacial score (nSPS) is 11.3. The Morgan fingerprint density at radius 1 is 1.18 bits per heavy atom. The van der Waals surface area contributed by atoms with Gasteiger partial charge in [-0.3, -0.25) is 0 Å². The molecule has 0 heterocycles. The van der Waals surface area contributed by atoms with Crippen LogP contribution in [0, 0.1) is 12.7 Å². The Balaban J connectivity index is 2.36. The van der Waals surface area contributed by atoms with Crippen molar-refractivity contribution >= 4 is 17.3 Å². The van der Waals surface area contributed by atoms with Crippen molar-refractivity contribution in [3.63, 3.8) is 0 Å². The molecule has 2 aromatic rings. The van der Waals surface area contributed by atoms with Gasteiger partial charge in [-0.2, -0.15) is 5.11 Å². The van der Waals surface area contributed by atoms with Crippen LogP contribution in [-0.2, 0) is 0 Å². The van der Waals surface area contributed by atoms with Gasteiger partial charge >= 0.3 is 5.97 Å². The second-order valence-electron chi connectivity index (χ2n) is 5.37. The maximum Gasteiger partial charge on any atom is 0.335 e. The lowest BCUT2D eigenvalue weighted by Gasteiger charge is -2.10. The molecule has 0 aliphatic rings. The second-order valence-corrected chi connectivity index (χ2v) is 5.37. The highest BCUT2D eigenvalue weighted by Gasteiger charge is 2.10. The monoisotopic (exact) mass is 300 g/mol. The number of hydrogen-bond acceptors (Lipinski definition) is 3. The number of azo groups is 1. The summed E-state index contributed by atoms with van der Waals surface area (Å²) < 4.78 is 14.0. The van der Waals surface area contributed by atoms with E-state index in [1.807, 2.05) is 20.8 Å². The Hall–Kier alpha value is -2.56. The molecule has 2 rings (SSSR count). The number of hydrogen-bond donors (Lipinski definition) is 1. The fraction of sp³-hybridized carbons (Fsp3) is 0.235. The van der Waals surface area contributed by atoms with Gasteiger partial charge in [0.15, 0.2) is 5.82 Å². The molecule has 0 saturated heterocycles. The summed E-state index contributed by atoms with van der Waals surface area (Å²) in [7, 11) is 0. The Morgan fingerprint density at radius 2 is 1.91 bits per heavy atom. The summed E-state index contributed by atoms with van der Waals surface area (Å²) in [5.41, 5.74) is 2.51. The number of halogens is 1. The predicted octanol–water partition coefficient (Wildman–Crippen LogP) is 5.37. The summed E-state index contributed by atoms with van der Waals surface area (Å²) in [6.45, 7) is 5.91. The fourth-order valence-corrected chi connectivity index (χ4v) is 2.19. The quantitative estimate of drug-likeness (QED) is 0.771. The molecule has 0 atom stereocenters. The minimum atomic E-state index is -1.04. The van der Waals surface area contributed by atoms with Gasteiger partial charge in [-0.15, -0.1) is 5.11 Å². The van der Waals surface area contributed by atoms with E-state index >= 15 is 0 Å². The van der Waals surface area contributed by atoms with E-state index in [2.05, 4.69) is 10.2 Å². The highest BCUT2D eigenvalue weighted by atomic mass is 19.1. The molecule has 2 aromatic carbocycles. The summed E-state index contributed by atoms with van der Waals surface area (Å²) in [6, 6.07) is 9.16. The maximum atomic E-state index is 14.0. The molecule has 114 valence electrons. The van der Waals surface area contributed by atoms with Crippen molar-refractivity contribution in [3.05, 3.63) is 58.9 Å². The van der Waals surface area contributed by atoms with Crippen LogP contribution in [0.5, 0.6) is 0 Å². The molecule has 0 saturated carbocycles. The van der Waals surface area contributed by atoms with E-state index in [0.717, 1.165) is 11.1 Å². The molecule has 0 unspecified atom stereocenters. The summed E-state index contributed by atoms with van der Waals surface area (Å²) in [6.07, 6.45) is 0. The van der Waals surface area contributed by atoms with Gasteiger partial charge in [-0.05, 0) is 54.3 Å². The van der Waals surface area contributed by atoms with Crippen LogP contribution in [-0.4, -0.2) is 11.1 Å². The molecule has 0 spiro atoms. The van der Waals surface area contributed by atoms with Crippen LogP contribution in [0.1, 0.15) is 41.3 Å². The smallest absolute Gasteiger partial charge is 0.335 e. The van der Waals surface area contributed by atoms with Crippen LogP contribution in [0.15, 0.2) is 46.6 Å². The van der Waals surface area contributed by atoms with E-state index in [-0.39, 0.29) is 17.2 Å². The van der Waals surface area contributed by atoms with Crippen molar-refractivity contribution in [2.75, 3.05) is 0 Å². The van der Waals surface area contributed by atoms with Crippen LogP contribution >= 0.6 is 0 Å². The third-order valence-electron chi connectivity index (χ3n) is 3.32. The Morgan fingerprint density at radius 3 is 2.55 bits per heavy atom. The van der Waals surface area contributed by atoms with E-state index in [9.17, 15) is 9.18 Å². The first-order chi connectivity index (χ1) is 10.4. The molecule has 5 heteroatoms. The Bertz CT molecular complexity index is 739. The fourth-order valence-electron chi connectivity index (χ4n) is 2.19. The predicted molar refractivity (Wildman–Crippen MR) is 82.8 cm³/mol. The number of rotatable bonds is 4. The van der Waals surface area contributed by atoms with E-state index < -0.39 is 11.8 Å². The topological polar surface area (TPSA) is 62.0 Å². The van der Waals surface area contributed by atoms with Crippen molar-refractivity contribution in [1.82, 2.24) is 0 Å². The van der Waals surface area contributed by atoms with Crippen molar-refractivity contribution in [1.29, 1.82) is 0 Å². The molecule has 0 aliphatic carbocycles. The number of aromatic carboxylic acids is 1. The van der Waals surface area contributed by atoms with Crippen LogP contribution in [0.3, 0.4) is 0 Å².